The highest BCUT2D eigenvalue weighted by Gasteiger charge is 2.17. The number of hydrogen-bond donors (Lipinski definition) is 1. The molecular formula is C24H29Cl2N3O2S. The van der Waals surface area contributed by atoms with Crippen LogP contribution in [-0.2, 0) is 10.0 Å². The molecule has 0 aromatic heterocycles. The van der Waals surface area contributed by atoms with Crippen LogP contribution in [0.4, 0.5) is 5.69 Å². The Balaban J connectivity index is 0.00000289. The number of benzene rings is 3. The Bertz CT molecular complexity index is 1130. The molecule has 0 aliphatic carbocycles. The van der Waals surface area contributed by atoms with Gasteiger partial charge in [0.05, 0.1) is 4.90 Å². The van der Waals surface area contributed by atoms with Crippen LogP contribution in [0.2, 0.25) is 5.02 Å². The SMILES string of the molecule is Cl.O=S(=O)(NCCCCN1CCN(c2cccc(Cl)c2)CC1)c1ccc2ccccc2c1. The first kappa shape index (κ1) is 24.8. The first-order chi connectivity index (χ1) is 15.0. The maximum atomic E-state index is 12.6. The minimum atomic E-state index is -3.48. The lowest BCUT2D eigenvalue weighted by Gasteiger charge is -2.36. The van der Waals surface area contributed by atoms with Crippen molar-refractivity contribution in [1.82, 2.24) is 9.62 Å². The quantitative estimate of drug-likeness (QED) is 0.458. The molecule has 1 N–H and O–H groups in total. The van der Waals surface area contributed by atoms with E-state index in [0.717, 1.165) is 61.4 Å². The van der Waals surface area contributed by atoms with Crippen LogP contribution in [0.1, 0.15) is 12.8 Å². The molecule has 172 valence electrons. The molecule has 32 heavy (non-hydrogen) atoms. The normalized spacial score (nSPS) is 15.0. The molecule has 0 spiro atoms. The molecule has 3 aromatic rings. The molecule has 1 aliphatic heterocycles. The molecule has 0 unspecified atom stereocenters. The van der Waals surface area contributed by atoms with Crippen molar-refractivity contribution in [2.24, 2.45) is 0 Å². The van der Waals surface area contributed by atoms with Crippen molar-refractivity contribution in [3.63, 3.8) is 0 Å². The molecule has 0 amide bonds. The van der Waals surface area contributed by atoms with E-state index in [1.165, 1.54) is 5.69 Å². The highest BCUT2D eigenvalue weighted by atomic mass is 35.5. The third kappa shape index (κ3) is 6.36. The molecule has 5 nitrogen and oxygen atoms in total. The van der Waals surface area contributed by atoms with E-state index < -0.39 is 10.0 Å². The van der Waals surface area contributed by atoms with Gasteiger partial charge in [-0.05, 0) is 60.5 Å². The summed E-state index contributed by atoms with van der Waals surface area (Å²) >= 11 is 6.10. The maximum Gasteiger partial charge on any atom is 0.240 e. The summed E-state index contributed by atoms with van der Waals surface area (Å²) in [5.41, 5.74) is 1.18. The van der Waals surface area contributed by atoms with Crippen molar-refractivity contribution in [3.8, 4) is 0 Å². The zero-order valence-electron chi connectivity index (χ0n) is 17.9. The summed E-state index contributed by atoms with van der Waals surface area (Å²) in [6, 6.07) is 21.0. The Kier molecular flexibility index (Phi) is 8.79. The Morgan fingerprint density at radius 2 is 1.59 bits per heavy atom. The van der Waals surface area contributed by atoms with Crippen molar-refractivity contribution in [1.29, 1.82) is 0 Å². The number of nitrogens with one attached hydrogen (secondary N) is 1. The van der Waals surface area contributed by atoms with Crippen LogP contribution in [0.5, 0.6) is 0 Å². The molecule has 1 aliphatic rings. The van der Waals surface area contributed by atoms with Gasteiger partial charge in [0.15, 0.2) is 0 Å². The van der Waals surface area contributed by atoms with Crippen LogP contribution < -0.4 is 9.62 Å². The monoisotopic (exact) mass is 493 g/mol. The lowest BCUT2D eigenvalue weighted by molar-refractivity contribution is 0.253. The highest BCUT2D eigenvalue weighted by Crippen LogP contribution is 2.21. The van der Waals surface area contributed by atoms with Crippen LogP contribution in [0.25, 0.3) is 10.8 Å². The first-order valence-electron chi connectivity index (χ1n) is 10.7. The second-order valence-electron chi connectivity index (χ2n) is 7.92. The van der Waals surface area contributed by atoms with Gasteiger partial charge >= 0.3 is 0 Å². The Hall–Kier alpha value is -1.83. The molecular weight excluding hydrogens is 465 g/mol. The van der Waals surface area contributed by atoms with Crippen molar-refractivity contribution >= 4 is 50.5 Å². The van der Waals surface area contributed by atoms with Crippen molar-refractivity contribution in [3.05, 3.63) is 71.8 Å². The van der Waals surface area contributed by atoms with Gasteiger partial charge in [-0.1, -0.05) is 48.0 Å². The van der Waals surface area contributed by atoms with Gasteiger partial charge in [0.25, 0.3) is 0 Å². The zero-order chi connectivity index (χ0) is 21.7. The van der Waals surface area contributed by atoms with Gasteiger partial charge in [0, 0.05) is 43.4 Å². The number of halogens is 2. The average Bonchev–Trinajstić information content (AvgIpc) is 2.79. The van der Waals surface area contributed by atoms with Gasteiger partial charge in [-0.25, -0.2) is 13.1 Å². The summed E-state index contributed by atoms with van der Waals surface area (Å²) in [5, 5.41) is 2.74. The maximum absolute atomic E-state index is 12.6. The number of fused-ring (bicyclic) bond motifs is 1. The van der Waals surface area contributed by atoms with E-state index >= 15 is 0 Å². The Labute approximate surface area is 201 Å². The lowest BCUT2D eigenvalue weighted by Crippen LogP contribution is -2.46. The average molecular weight is 494 g/mol. The third-order valence-corrected chi connectivity index (χ3v) is 7.46. The van der Waals surface area contributed by atoms with E-state index in [-0.39, 0.29) is 12.4 Å². The predicted octanol–water partition coefficient (Wildman–Crippen LogP) is 4.80. The second-order valence-corrected chi connectivity index (χ2v) is 10.1. The third-order valence-electron chi connectivity index (χ3n) is 5.77. The second kappa shape index (κ2) is 11.3. The zero-order valence-corrected chi connectivity index (χ0v) is 20.3. The number of rotatable bonds is 8. The summed E-state index contributed by atoms with van der Waals surface area (Å²) in [7, 11) is -3.48. The molecule has 1 saturated heterocycles. The number of piperazine rings is 1. The summed E-state index contributed by atoms with van der Waals surface area (Å²) in [5.74, 6) is 0. The molecule has 4 rings (SSSR count). The number of hydrogen-bond acceptors (Lipinski definition) is 4. The van der Waals surface area contributed by atoms with Crippen LogP contribution in [-0.4, -0.2) is 52.6 Å². The fourth-order valence-corrected chi connectivity index (χ4v) is 5.28. The van der Waals surface area contributed by atoms with Crippen molar-refractivity contribution in [2.45, 2.75) is 17.7 Å². The summed E-state index contributed by atoms with van der Waals surface area (Å²) in [4.78, 5) is 5.13. The number of sulfonamides is 1. The smallest absolute Gasteiger partial charge is 0.240 e. The number of unbranched alkanes of at least 4 members (excludes halogenated alkanes) is 1. The van der Waals surface area contributed by atoms with Gasteiger partial charge in [-0.15, -0.1) is 12.4 Å². The molecule has 0 radical (unpaired) electrons. The van der Waals surface area contributed by atoms with Crippen LogP contribution >= 0.6 is 24.0 Å². The van der Waals surface area contributed by atoms with Crippen LogP contribution in [0, 0.1) is 0 Å². The van der Waals surface area contributed by atoms with Crippen LogP contribution in [0.15, 0.2) is 71.6 Å². The highest BCUT2D eigenvalue weighted by molar-refractivity contribution is 7.89. The van der Waals surface area contributed by atoms with Crippen molar-refractivity contribution < 1.29 is 8.42 Å². The van der Waals surface area contributed by atoms with Crippen molar-refractivity contribution in [2.75, 3.05) is 44.2 Å². The molecule has 0 saturated carbocycles. The standard InChI is InChI=1S/C24H28ClN3O2S.ClH/c25-22-8-5-9-23(19-22)28-16-14-27(15-17-28)13-4-3-12-26-31(29,30)24-11-10-20-6-1-2-7-21(20)18-24;/h1-2,5-11,18-19,26H,3-4,12-17H2;1H. The summed E-state index contributed by atoms with van der Waals surface area (Å²) in [6.45, 7) is 5.42. The lowest BCUT2D eigenvalue weighted by atomic mass is 10.1. The van der Waals surface area contributed by atoms with E-state index in [4.69, 9.17) is 11.6 Å². The van der Waals surface area contributed by atoms with E-state index in [9.17, 15) is 8.42 Å². The van der Waals surface area contributed by atoms with E-state index in [1.807, 2.05) is 48.5 Å². The molecule has 8 heteroatoms. The largest absolute Gasteiger partial charge is 0.369 e. The molecule has 0 atom stereocenters. The minimum absolute atomic E-state index is 0. The van der Waals surface area contributed by atoms with E-state index in [1.54, 1.807) is 12.1 Å². The van der Waals surface area contributed by atoms with Crippen LogP contribution in [0.3, 0.4) is 0 Å². The Morgan fingerprint density at radius 3 is 2.34 bits per heavy atom. The fraction of sp³-hybridized carbons (Fsp3) is 0.333. The molecule has 1 heterocycles. The number of anilines is 1. The van der Waals surface area contributed by atoms with Gasteiger partial charge in [-0.2, -0.15) is 0 Å². The van der Waals surface area contributed by atoms with Gasteiger partial charge in [0.1, 0.15) is 0 Å². The minimum Gasteiger partial charge on any atom is -0.369 e. The van der Waals surface area contributed by atoms with E-state index in [0.29, 0.717) is 11.4 Å². The topological polar surface area (TPSA) is 52.7 Å². The first-order valence-corrected chi connectivity index (χ1v) is 12.6. The number of nitrogens with zero attached hydrogens (tertiary/aromatic N) is 2. The van der Waals surface area contributed by atoms with Gasteiger partial charge in [-0.3, -0.25) is 4.90 Å². The van der Waals surface area contributed by atoms with Gasteiger partial charge in [0.2, 0.25) is 10.0 Å². The predicted molar refractivity (Wildman–Crippen MR) is 136 cm³/mol. The Morgan fingerprint density at radius 1 is 0.844 bits per heavy atom. The molecule has 0 bridgehead atoms. The van der Waals surface area contributed by atoms with Gasteiger partial charge < -0.3 is 4.90 Å². The molecule has 1 fully saturated rings. The summed E-state index contributed by atoms with van der Waals surface area (Å²) in [6.07, 6.45) is 1.79. The van der Waals surface area contributed by atoms with E-state index in [2.05, 4.69) is 20.6 Å². The fourth-order valence-electron chi connectivity index (χ4n) is 3.99. The summed E-state index contributed by atoms with van der Waals surface area (Å²) < 4.78 is 27.9. The molecule has 3 aromatic carbocycles.